The lowest BCUT2D eigenvalue weighted by Crippen LogP contribution is -2.30. The summed E-state index contributed by atoms with van der Waals surface area (Å²) in [6, 6.07) is 7.56. The molecule has 0 radical (unpaired) electrons. The van der Waals surface area contributed by atoms with Gasteiger partial charge in [0, 0.05) is 12.5 Å². The Balaban J connectivity index is 1.88. The van der Waals surface area contributed by atoms with Crippen molar-refractivity contribution in [3.8, 4) is 0 Å². The van der Waals surface area contributed by atoms with Crippen molar-refractivity contribution in [2.75, 3.05) is 18.8 Å². The Hall–Kier alpha value is -0.870. The molecule has 1 saturated carbocycles. The molecule has 1 aliphatic carbocycles. The first-order chi connectivity index (χ1) is 9.09. The third-order valence-electron chi connectivity index (χ3n) is 4.55. The Bertz CT molecular complexity index is 576. The maximum atomic E-state index is 12.2. The summed E-state index contributed by atoms with van der Waals surface area (Å²) < 4.78 is 24.5. The SMILES string of the molecule is CCCNCC1(C2CS(=O)(=O)c3ccccc32)CC1. The molecule has 0 spiro atoms. The number of sulfone groups is 1. The predicted molar refractivity (Wildman–Crippen MR) is 76.1 cm³/mol. The fourth-order valence-corrected chi connectivity index (χ4v) is 5.29. The second-order valence-corrected chi connectivity index (χ2v) is 7.91. The minimum atomic E-state index is -3.06. The second-order valence-electron chi connectivity index (χ2n) is 5.91. The van der Waals surface area contributed by atoms with E-state index >= 15 is 0 Å². The van der Waals surface area contributed by atoms with Gasteiger partial charge < -0.3 is 5.32 Å². The molecular formula is C15H21NO2S. The first kappa shape index (κ1) is 13.1. The average Bonchev–Trinajstić information content (AvgIpc) is 3.12. The smallest absolute Gasteiger partial charge is 0.179 e. The van der Waals surface area contributed by atoms with E-state index in [9.17, 15) is 8.42 Å². The summed E-state index contributed by atoms with van der Waals surface area (Å²) in [5.74, 6) is 0.498. The molecule has 0 amide bonds. The van der Waals surface area contributed by atoms with Crippen molar-refractivity contribution in [2.45, 2.75) is 37.0 Å². The Labute approximate surface area is 115 Å². The maximum Gasteiger partial charge on any atom is 0.179 e. The molecule has 1 aromatic rings. The Morgan fingerprint density at radius 2 is 2.05 bits per heavy atom. The first-order valence-electron chi connectivity index (χ1n) is 7.11. The summed E-state index contributed by atoms with van der Waals surface area (Å²) in [6.07, 6.45) is 3.42. The van der Waals surface area contributed by atoms with Crippen LogP contribution in [-0.2, 0) is 9.84 Å². The Morgan fingerprint density at radius 1 is 1.32 bits per heavy atom. The molecule has 19 heavy (non-hydrogen) atoms. The molecule has 104 valence electrons. The van der Waals surface area contributed by atoms with E-state index in [1.165, 1.54) is 0 Å². The largest absolute Gasteiger partial charge is 0.316 e. The van der Waals surface area contributed by atoms with E-state index in [0.717, 1.165) is 37.9 Å². The monoisotopic (exact) mass is 279 g/mol. The summed E-state index contributed by atoms with van der Waals surface area (Å²) in [5.41, 5.74) is 1.24. The highest BCUT2D eigenvalue weighted by atomic mass is 32.2. The van der Waals surface area contributed by atoms with E-state index in [-0.39, 0.29) is 11.3 Å². The van der Waals surface area contributed by atoms with Gasteiger partial charge >= 0.3 is 0 Å². The highest BCUT2D eigenvalue weighted by Gasteiger charge is 2.54. The van der Waals surface area contributed by atoms with Gasteiger partial charge in [0.2, 0.25) is 0 Å². The molecule has 1 unspecified atom stereocenters. The summed E-state index contributed by atoms with van der Waals surface area (Å²) in [7, 11) is -3.06. The molecule has 1 N–H and O–H groups in total. The number of nitrogens with one attached hydrogen (secondary N) is 1. The van der Waals surface area contributed by atoms with Crippen LogP contribution >= 0.6 is 0 Å². The highest BCUT2D eigenvalue weighted by molar-refractivity contribution is 7.91. The molecule has 3 rings (SSSR count). The number of rotatable bonds is 5. The molecule has 1 aliphatic heterocycles. The third kappa shape index (κ3) is 2.21. The maximum absolute atomic E-state index is 12.2. The molecule has 2 aliphatic rings. The van der Waals surface area contributed by atoms with Crippen molar-refractivity contribution in [2.24, 2.45) is 5.41 Å². The number of fused-ring (bicyclic) bond motifs is 1. The Morgan fingerprint density at radius 3 is 2.74 bits per heavy atom. The third-order valence-corrected chi connectivity index (χ3v) is 6.36. The number of hydrogen-bond donors (Lipinski definition) is 1. The lowest BCUT2D eigenvalue weighted by atomic mass is 9.84. The van der Waals surface area contributed by atoms with Gasteiger partial charge in [-0.2, -0.15) is 0 Å². The average molecular weight is 279 g/mol. The Kier molecular flexibility index (Phi) is 3.18. The van der Waals surface area contributed by atoms with E-state index in [2.05, 4.69) is 12.2 Å². The van der Waals surface area contributed by atoms with Crippen molar-refractivity contribution >= 4 is 9.84 Å². The van der Waals surface area contributed by atoms with E-state index in [0.29, 0.717) is 10.6 Å². The van der Waals surface area contributed by atoms with E-state index in [4.69, 9.17) is 0 Å². The molecular weight excluding hydrogens is 258 g/mol. The molecule has 1 heterocycles. The summed E-state index contributed by atoms with van der Waals surface area (Å²) in [5, 5.41) is 3.48. The van der Waals surface area contributed by atoms with E-state index in [1.807, 2.05) is 18.2 Å². The second kappa shape index (κ2) is 4.60. The molecule has 4 heteroatoms. The zero-order valence-corrected chi connectivity index (χ0v) is 12.2. The lowest BCUT2D eigenvalue weighted by Gasteiger charge is -2.23. The summed E-state index contributed by atoms with van der Waals surface area (Å²) in [6.45, 7) is 4.13. The fraction of sp³-hybridized carbons (Fsp3) is 0.600. The standard InChI is InChI=1S/C15H21NO2S/c1-2-9-16-11-15(7-8-15)13-10-19(17,18)14-6-4-3-5-12(13)14/h3-6,13,16H,2,7-11H2,1H3. The molecule has 1 atom stereocenters. The minimum absolute atomic E-state index is 0.189. The summed E-state index contributed by atoms with van der Waals surface area (Å²) in [4.78, 5) is 0.571. The summed E-state index contributed by atoms with van der Waals surface area (Å²) >= 11 is 0. The molecule has 1 aromatic carbocycles. The predicted octanol–water partition coefficient (Wildman–Crippen LogP) is 2.34. The van der Waals surface area contributed by atoms with Crippen LogP contribution in [0.25, 0.3) is 0 Å². The normalized spacial score (nSPS) is 26.1. The number of benzene rings is 1. The van der Waals surface area contributed by atoms with Crippen LogP contribution in [0.3, 0.4) is 0 Å². The van der Waals surface area contributed by atoms with Gasteiger partial charge in [0.05, 0.1) is 10.6 Å². The van der Waals surface area contributed by atoms with Crippen LogP contribution in [0.4, 0.5) is 0 Å². The van der Waals surface area contributed by atoms with E-state index < -0.39 is 9.84 Å². The van der Waals surface area contributed by atoms with Gasteiger partial charge in [0.15, 0.2) is 9.84 Å². The van der Waals surface area contributed by atoms with Crippen LogP contribution in [0.2, 0.25) is 0 Å². The van der Waals surface area contributed by atoms with Gasteiger partial charge in [-0.05, 0) is 42.9 Å². The minimum Gasteiger partial charge on any atom is -0.316 e. The van der Waals surface area contributed by atoms with Gasteiger partial charge in [-0.3, -0.25) is 0 Å². The zero-order chi connectivity index (χ0) is 13.5. The van der Waals surface area contributed by atoms with Crippen molar-refractivity contribution < 1.29 is 8.42 Å². The fourth-order valence-electron chi connectivity index (χ4n) is 3.28. The topological polar surface area (TPSA) is 46.2 Å². The van der Waals surface area contributed by atoms with Crippen molar-refractivity contribution in [1.82, 2.24) is 5.32 Å². The van der Waals surface area contributed by atoms with Crippen LogP contribution in [0.15, 0.2) is 29.2 Å². The van der Waals surface area contributed by atoms with Crippen molar-refractivity contribution in [1.29, 1.82) is 0 Å². The van der Waals surface area contributed by atoms with Gasteiger partial charge in [0.1, 0.15) is 0 Å². The lowest BCUT2D eigenvalue weighted by molar-refractivity contribution is 0.396. The quantitative estimate of drug-likeness (QED) is 0.842. The van der Waals surface area contributed by atoms with Gasteiger partial charge in [0.25, 0.3) is 0 Å². The molecule has 0 aromatic heterocycles. The van der Waals surface area contributed by atoms with Crippen molar-refractivity contribution in [3.63, 3.8) is 0 Å². The van der Waals surface area contributed by atoms with Gasteiger partial charge in [-0.15, -0.1) is 0 Å². The molecule has 3 nitrogen and oxygen atoms in total. The van der Waals surface area contributed by atoms with Crippen LogP contribution < -0.4 is 5.32 Å². The highest BCUT2D eigenvalue weighted by Crippen LogP contribution is 2.59. The first-order valence-corrected chi connectivity index (χ1v) is 8.77. The van der Waals surface area contributed by atoms with E-state index in [1.54, 1.807) is 6.07 Å². The number of hydrogen-bond acceptors (Lipinski definition) is 3. The molecule has 0 bridgehead atoms. The van der Waals surface area contributed by atoms with Crippen molar-refractivity contribution in [3.05, 3.63) is 29.8 Å². The van der Waals surface area contributed by atoms with Crippen LogP contribution in [0, 0.1) is 5.41 Å². The van der Waals surface area contributed by atoms with Gasteiger partial charge in [-0.1, -0.05) is 25.1 Å². The molecule has 0 saturated heterocycles. The van der Waals surface area contributed by atoms with Crippen LogP contribution in [0.5, 0.6) is 0 Å². The molecule has 1 fully saturated rings. The zero-order valence-electron chi connectivity index (χ0n) is 11.4. The van der Waals surface area contributed by atoms with Crippen LogP contribution in [0.1, 0.15) is 37.7 Å². The van der Waals surface area contributed by atoms with Gasteiger partial charge in [-0.25, -0.2) is 8.42 Å². The van der Waals surface area contributed by atoms with Crippen LogP contribution in [-0.4, -0.2) is 27.3 Å².